The van der Waals surface area contributed by atoms with Crippen molar-refractivity contribution in [3.63, 3.8) is 0 Å². The quantitative estimate of drug-likeness (QED) is 0.642. The predicted octanol–water partition coefficient (Wildman–Crippen LogP) is 5.40. The molecule has 2 aromatic rings. The van der Waals surface area contributed by atoms with E-state index in [0.29, 0.717) is 9.50 Å². The Balaban J connectivity index is 2.27. The van der Waals surface area contributed by atoms with Crippen LogP contribution < -0.4 is 5.32 Å². The molecule has 0 saturated carbocycles. The van der Waals surface area contributed by atoms with Crippen LogP contribution in [0.15, 0.2) is 39.3 Å². The monoisotopic (exact) mass is 423 g/mol. The number of amides is 1. The third-order valence-corrected chi connectivity index (χ3v) is 4.26. The molecule has 2 nitrogen and oxygen atoms in total. The fourth-order valence-electron chi connectivity index (χ4n) is 1.45. The number of hydrogen-bond donors (Lipinski definition) is 1. The van der Waals surface area contributed by atoms with Gasteiger partial charge in [-0.2, -0.15) is 0 Å². The van der Waals surface area contributed by atoms with Crippen molar-refractivity contribution in [2.45, 2.75) is 0 Å². The standard InChI is InChI=1S/C13H6Br2ClF2NO/c14-7-3-6(1-2-9(7)16)13(20)19-12-5-10(17)8(15)4-11(12)18/h1-5H,(H,19,20). The molecule has 1 N–H and O–H groups in total. The van der Waals surface area contributed by atoms with Gasteiger partial charge in [-0.3, -0.25) is 4.79 Å². The molecule has 0 saturated heterocycles. The second-order valence-electron chi connectivity index (χ2n) is 3.83. The SMILES string of the molecule is O=C(Nc1cc(F)c(Br)cc1F)c1ccc(Cl)c(Br)c1. The number of nitrogens with one attached hydrogen (secondary N) is 1. The maximum atomic E-state index is 13.6. The average molecular weight is 425 g/mol. The first kappa shape index (κ1) is 15.4. The van der Waals surface area contributed by atoms with Crippen molar-refractivity contribution in [1.82, 2.24) is 0 Å². The van der Waals surface area contributed by atoms with Gasteiger partial charge in [0, 0.05) is 16.1 Å². The van der Waals surface area contributed by atoms with Crippen molar-refractivity contribution in [3.8, 4) is 0 Å². The molecule has 1 amide bonds. The molecule has 2 aromatic carbocycles. The molecule has 0 unspecified atom stereocenters. The van der Waals surface area contributed by atoms with Gasteiger partial charge in [-0.15, -0.1) is 0 Å². The molecule has 0 atom stereocenters. The Bertz CT molecular complexity index is 694. The van der Waals surface area contributed by atoms with Gasteiger partial charge >= 0.3 is 0 Å². The molecule has 0 aliphatic rings. The zero-order chi connectivity index (χ0) is 14.9. The third-order valence-electron chi connectivity index (χ3n) is 2.44. The lowest BCUT2D eigenvalue weighted by molar-refractivity contribution is 0.102. The Hall–Kier alpha value is -0.980. The number of anilines is 1. The summed E-state index contributed by atoms with van der Waals surface area (Å²) in [6.45, 7) is 0. The molecule has 0 aliphatic heterocycles. The van der Waals surface area contributed by atoms with E-state index in [1.165, 1.54) is 18.2 Å². The Labute approximate surface area is 135 Å². The minimum Gasteiger partial charge on any atom is -0.319 e. The lowest BCUT2D eigenvalue weighted by Gasteiger charge is -2.08. The van der Waals surface area contributed by atoms with E-state index < -0.39 is 17.5 Å². The van der Waals surface area contributed by atoms with Gasteiger partial charge in [0.15, 0.2) is 0 Å². The van der Waals surface area contributed by atoms with Crippen LogP contribution in [0.25, 0.3) is 0 Å². The van der Waals surface area contributed by atoms with Crippen molar-refractivity contribution in [2.24, 2.45) is 0 Å². The van der Waals surface area contributed by atoms with Gasteiger partial charge < -0.3 is 5.32 Å². The lowest BCUT2D eigenvalue weighted by atomic mass is 10.2. The second-order valence-corrected chi connectivity index (χ2v) is 5.95. The van der Waals surface area contributed by atoms with Gasteiger partial charge in [-0.1, -0.05) is 11.6 Å². The van der Waals surface area contributed by atoms with Gasteiger partial charge in [0.25, 0.3) is 5.91 Å². The van der Waals surface area contributed by atoms with Crippen LogP contribution in [0.2, 0.25) is 5.02 Å². The Kier molecular flexibility index (Phi) is 4.78. The molecule has 0 fully saturated rings. The van der Waals surface area contributed by atoms with E-state index in [1.54, 1.807) is 0 Å². The molecule has 0 bridgehead atoms. The van der Waals surface area contributed by atoms with Gasteiger partial charge in [0.2, 0.25) is 0 Å². The first-order valence-electron chi connectivity index (χ1n) is 5.29. The molecular formula is C13H6Br2ClF2NO. The Morgan fingerprint density at radius 2 is 1.75 bits per heavy atom. The highest BCUT2D eigenvalue weighted by molar-refractivity contribution is 9.10. The van der Waals surface area contributed by atoms with E-state index in [1.807, 2.05) is 0 Å². The van der Waals surface area contributed by atoms with E-state index in [4.69, 9.17) is 11.6 Å². The van der Waals surface area contributed by atoms with Gasteiger partial charge in [-0.25, -0.2) is 8.78 Å². The molecule has 0 radical (unpaired) electrons. The number of carbonyl (C=O) groups is 1. The molecular weight excluding hydrogens is 419 g/mol. The van der Waals surface area contributed by atoms with Crippen LogP contribution >= 0.6 is 43.5 Å². The summed E-state index contributed by atoms with van der Waals surface area (Å²) in [5.41, 5.74) is 0.0331. The summed E-state index contributed by atoms with van der Waals surface area (Å²) in [6, 6.07) is 6.35. The fraction of sp³-hybridized carbons (Fsp3) is 0. The molecule has 0 heterocycles. The van der Waals surface area contributed by atoms with Crippen LogP contribution in [0.4, 0.5) is 14.5 Å². The van der Waals surface area contributed by atoms with Crippen molar-refractivity contribution in [3.05, 3.63) is 61.5 Å². The van der Waals surface area contributed by atoms with Crippen molar-refractivity contribution in [1.29, 1.82) is 0 Å². The van der Waals surface area contributed by atoms with Crippen LogP contribution in [0.3, 0.4) is 0 Å². The number of carbonyl (C=O) groups excluding carboxylic acids is 1. The summed E-state index contributed by atoms with van der Waals surface area (Å²) in [6.07, 6.45) is 0. The molecule has 2 rings (SSSR count). The summed E-state index contributed by atoms with van der Waals surface area (Å²) in [5.74, 6) is -1.97. The zero-order valence-electron chi connectivity index (χ0n) is 9.68. The summed E-state index contributed by atoms with van der Waals surface area (Å²) >= 11 is 11.9. The maximum absolute atomic E-state index is 13.6. The number of rotatable bonds is 2. The van der Waals surface area contributed by atoms with Gasteiger partial charge in [0.1, 0.15) is 11.6 Å². The van der Waals surface area contributed by atoms with E-state index in [-0.39, 0.29) is 15.7 Å². The normalized spacial score (nSPS) is 10.4. The van der Waals surface area contributed by atoms with E-state index >= 15 is 0 Å². The topological polar surface area (TPSA) is 29.1 Å². The zero-order valence-corrected chi connectivity index (χ0v) is 13.6. The molecule has 7 heteroatoms. The number of benzene rings is 2. The summed E-state index contributed by atoms with van der Waals surface area (Å²) in [5, 5.41) is 2.75. The molecule has 0 aliphatic carbocycles. The molecule has 104 valence electrons. The minimum absolute atomic E-state index is 0.0118. The first-order valence-corrected chi connectivity index (χ1v) is 7.26. The van der Waals surface area contributed by atoms with E-state index in [0.717, 1.165) is 12.1 Å². The molecule has 0 aromatic heterocycles. The first-order chi connectivity index (χ1) is 9.38. The van der Waals surface area contributed by atoms with Crippen LogP contribution in [0.1, 0.15) is 10.4 Å². The van der Waals surface area contributed by atoms with Crippen LogP contribution in [0.5, 0.6) is 0 Å². The second kappa shape index (κ2) is 6.20. The fourth-order valence-corrected chi connectivity index (χ4v) is 2.26. The van der Waals surface area contributed by atoms with Gasteiger partial charge in [-0.05, 0) is 56.1 Å². The minimum atomic E-state index is -0.736. The average Bonchev–Trinajstić information content (AvgIpc) is 2.39. The van der Waals surface area contributed by atoms with Crippen molar-refractivity contribution in [2.75, 3.05) is 5.32 Å². The lowest BCUT2D eigenvalue weighted by Crippen LogP contribution is -2.13. The van der Waals surface area contributed by atoms with E-state index in [9.17, 15) is 13.6 Å². The third kappa shape index (κ3) is 3.37. The number of halogens is 5. The van der Waals surface area contributed by atoms with Crippen LogP contribution in [-0.2, 0) is 0 Å². The summed E-state index contributed by atoms with van der Waals surface area (Å²) in [4.78, 5) is 12.0. The summed E-state index contributed by atoms with van der Waals surface area (Å²) < 4.78 is 27.5. The highest BCUT2D eigenvalue weighted by Gasteiger charge is 2.13. The van der Waals surface area contributed by atoms with E-state index in [2.05, 4.69) is 37.2 Å². The smallest absolute Gasteiger partial charge is 0.255 e. The highest BCUT2D eigenvalue weighted by atomic mass is 79.9. The van der Waals surface area contributed by atoms with Crippen LogP contribution in [0, 0.1) is 11.6 Å². The molecule has 20 heavy (non-hydrogen) atoms. The highest BCUT2D eigenvalue weighted by Crippen LogP contribution is 2.26. The van der Waals surface area contributed by atoms with Crippen molar-refractivity contribution < 1.29 is 13.6 Å². The maximum Gasteiger partial charge on any atom is 0.255 e. The predicted molar refractivity (Wildman–Crippen MR) is 81.2 cm³/mol. The molecule has 0 spiro atoms. The Morgan fingerprint density at radius 1 is 1.05 bits per heavy atom. The Morgan fingerprint density at radius 3 is 2.40 bits per heavy atom. The van der Waals surface area contributed by atoms with Gasteiger partial charge in [0.05, 0.1) is 15.2 Å². The van der Waals surface area contributed by atoms with Crippen molar-refractivity contribution >= 4 is 55.1 Å². The van der Waals surface area contributed by atoms with Crippen LogP contribution in [-0.4, -0.2) is 5.91 Å². The number of hydrogen-bond acceptors (Lipinski definition) is 1. The largest absolute Gasteiger partial charge is 0.319 e. The summed E-state index contributed by atoms with van der Waals surface area (Å²) in [7, 11) is 0.